The molecule has 2 unspecified atom stereocenters. The molecule has 1 saturated heterocycles. The number of carbonyl (C=O) groups is 1. The van der Waals surface area contributed by atoms with Gasteiger partial charge in [0.25, 0.3) is 0 Å². The second-order valence-corrected chi connectivity index (χ2v) is 5.37. The fourth-order valence-corrected chi connectivity index (χ4v) is 2.78. The molecule has 1 aromatic carbocycles. The largest absolute Gasteiger partial charge is 0.351 e. The molecule has 2 N–H and O–H groups in total. The number of hydrogen-bond acceptors (Lipinski definition) is 2. The van der Waals surface area contributed by atoms with Gasteiger partial charge in [0.05, 0.1) is 6.04 Å². The van der Waals surface area contributed by atoms with Crippen LogP contribution in [0.3, 0.4) is 0 Å². The molecule has 1 saturated carbocycles. The third-order valence-electron chi connectivity index (χ3n) is 3.97. The lowest BCUT2D eigenvalue weighted by Crippen LogP contribution is -2.47. The van der Waals surface area contributed by atoms with Gasteiger partial charge in [0.1, 0.15) is 0 Å². The Kier molecular flexibility index (Phi) is 4.83. The third-order valence-corrected chi connectivity index (χ3v) is 3.97. The summed E-state index contributed by atoms with van der Waals surface area (Å²) in [4.78, 5) is 12.1. The van der Waals surface area contributed by atoms with E-state index in [1.54, 1.807) is 0 Å². The monoisotopic (exact) mass is 280 g/mol. The topological polar surface area (TPSA) is 41.1 Å². The minimum Gasteiger partial charge on any atom is -0.351 e. The van der Waals surface area contributed by atoms with E-state index < -0.39 is 0 Å². The SMILES string of the molecule is Cl.O=C(NC1CC1c1ccccc1)[C@@H]1CCCCN1. The molecule has 0 spiro atoms. The molecule has 2 aliphatic rings. The maximum Gasteiger partial charge on any atom is 0.237 e. The average Bonchev–Trinajstić information content (AvgIpc) is 3.20. The van der Waals surface area contributed by atoms with Crippen molar-refractivity contribution in [3.63, 3.8) is 0 Å². The van der Waals surface area contributed by atoms with Crippen LogP contribution in [-0.4, -0.2) is 24.5 Å². The zero-order valence-corrected chi connectivity index (χ0v) is 11.8. The Labute approximate surface area is 120 Å². The molecule has 4 heteroatoms. The van der Waals surface area contributed by atoms with Gasteiger partial charge in [0, 0.05) is 12.0 Å². The smallest absolute Gasteiger partial charge is 0.237 e. The first-order valence-corrected chi connectivity index (χ1v) is 6.93. The van der Waals surface area contributed by atoms with Crippen LogP contribution in [0.5, 0.6) is 0 Å². The molecule has 1 aliphatic heterocycles. The van der Waals surface area contributed by atoms with Crippen LogP contribution in [0.25, 0.3) is 0 Å². The molecule has 3 atom stereocenters. The quantitative estimate of drug-likeness (QED) is 0.891. The lowest BCUT2D eigenvalue weighted by atomic mass is 10.0. The van der Waals surface area contributed by atoms with Gasteiger partial charge in [-0.15, -0.1) is 12.4 Å². The minimum atomic E-state index is 0. The third kappa shape index (κ3) is 3.48. The summed E-state index contributed by atoms with van der Waals surface area (Å²) in [5, 5.41) is 6.47. The molecule has 19 heavy (non-hydrogen) atoms. The average molecular weight is 281 g/mol. The summed E-state index contributed by atoms with van der Waals surface area (Å²) in [7, 11) is 0. The maximum absolute atomic E-state index is 12.1. The standard InChI is InChI=1S/C15H20N2O.ClH/c18-15(13-8-4-5-9-16-13)17-14-10-12(14)11-6-2-1-3-7-11;/h1-3,6-7,12-14,16H,4-5,8-10H2,(H,17,18);1H/t12?,13-,14?;/m0./s1. The van der Waals surface area contributed by atoms with Crippen LogP contribution in [-0.2, 0) is 4.79 Å². The summed E-state index contributed by atoms with van der Waals surface area (Å²) in [6, 6.07) is 10.8. The molecule has 3 rings (SSSR count). The molecular weight excluding hydrogens is 260 g/mol. The highest BCUT2D eigenvalue weighted by Crippen LogP contribution is 2.40. The van der Waals surface area contributed by atoms with E-state index in [2.05, 4.69) is 34.9 Å². The van der Waals surface area contributed by atoms with Gasteiger partial charge in [0.2, 0.25) is 5.91 Å². The Balaban J connectivity index is 0.00000133. The van der Waals surface area contributed by atoms with Crippen molar-refractivity contribution in [2.24, 2.45) is 0 Å². The summed E-state index contributed by atoms with van der Waals surface area (Å²) < 4.78 is 0. The van der Waals surface area contributed by atoms with E-state index in [4.69, 9.17) is 0 Å². The van der Waals surface area contributed by atoms with Gasteiger partial charge in [-0.2, -0.15) is 0 Å². The molecule has 0 aromatic heterocycles. The van der Waals surface area contributed by atoms with Crippen molar-refractivity contribution in [1.29, 1.82) is 0 Å². The van der Waals surface area contributed by atoms with Crippen LogP contribution in [0.4, 0.5) is 0 Å². The van der Waals surface area contributed by atoms with Gasteiger partial charge in [-0.3, -0.25) is 4.79 Å². The Hall–Kier alpha value is -1.06. The van der Waals surface area contributed by atoms with Gasteiger partial charge in [0.15, 0.2) is 0 Å². The van der Waals surface area contributed by atoms with Crippen LogP contribution < -0.4 is 10.6 Å². The predicted molar refractivity (Wildman–Crippen MR) is 78.6 cm³/mol. The van der Waals surface area contributed by atoms with Crippen LogP contribution >= 0.6 is 12.4 Å². The number of rotatable bonds is 3. The van der Waals surface area contributed by atoms with E-state index in [0.717, 1.165) is 25.8 Å². The van der Waals surface area contributed by atoms with Crippen LogP contribution in [0.1, 0.15) is 37.2 Å². The van der Waals surface area contributed by atoms with E-state index in [0.29, 0.717) is 12.0 Å². The van der Waals surface area contributed by atoms with Crippen molar-refractivity contribution in [3.05, 3.63) is 35.9 Å². The fraction of sp³-hybridized carbons (Fsp3) is 0.533. The summed E-state index contributed by atoms with van der Waals surface area (Å²) in [5.41, 5.74) is 1.35. The van der Waals surface area contributed by atoms with Crippen LogP contribution in [0, 0.1) is 0 Å². The summed E-state index contributed by atoms with van der Waals surface area (Å²) in [6.45, 7) is 0.977. The molecule has 0 radical (unpaired) electrons. The van der Waals surface area contributed by atoms with Gasteiger partial charge in [-0.1, -0.05) is 36.8 Å². The number of amides is 1. The predicted octanol–water partition coefficient (Wildman–Crippen LogP) is 2.22. The first-order chi connectivity index (χ1) is 8.84. The Morgan fingerprint density at radius 2 is 2.00 bits per heavy atom. The molecule has 1 aliphatic carbocycles. The second kappa shape index (κ2) is 6.40. The number of nitrogens with one attached hydrogen (secondary N) is 2. The molecule has 1 heterocycles. The lowest BCUT2D eigenvalue weighted by molar-refractivity contribution is -0.123. The van der Waals surface area contributed by atoms with E-state index in [-0.39, 0.29) is 24.4 Å². The van der Waals surface area contributed by atoms with Gasteiger partial charge in [-0.25, -0.2) is 0 Å². The molecular formula is C15H21ClN2O. The highest BCUT2D eigenvalue weighted by atomic mass is 35.5. The Morgan fingerprint density at radius 3 is 2.68 bits per heavy atom. The minimum absolute atomic E-state index is 0. The number of carbonyl (C=O) groups excluding carboxylic acids is 1. The Bertz CT molecular complexity index is 417. The first kappa shape index (κ1) is 14.4. The van der Waals surface area contributed by atoms with Crippen molar-refractivity contribution in [2.45, 2.75) is 43.7 Å². The van der Waals surface area contributed by atoms with Crippen molar-refractivity contribution in [3.8, 4) is 0 Å². The summed E-state index contributed by atoms with van der Waals surface area (Å²) in [6.07, 6.45) is 4.43. The molecule has 2 fully saturated rings. The van der Waals surface area contributed by atoms with Crippen molar-refractivity contribution < 1.29 is 4.79 Å². The van der Waals surface area contributed by atoms with Gasteiger partial charge in [-0.05, 0) is 31.4 Å². The number of halogens is 1. The highest BCUT2D eigenvalue weighted by Gasteiger charge is 2.40. The van der Waals surface area contributed by atoms with E-state index in [1.807, 2.05) is 6.07 Å². The number of piperidine rings is 1. The number of benzene rings is 1. The maximum atomic E-state index is 12.1. The van der Waals surface area contributed by atoms with E-state index >= 15 is 0 Å². The zero-order chi connectivity index (χ0) is 12.4. The number of hydrogen-bond donors (Lipinski definition) is 2. The van der Waals surface area contributed by atoms with Gasteiger partial charge < -0.3 is 10.6 Å². The van der Waals surface area contributed by atoms with Crippen molar-refractivity contribution in [2.75, 3.05) is 6.54 Å². The van der Waals surface area contributed by atoms with Crippen molar-refractivity contribution in [1.82, 2.24) is 10.6 Å². The normalized spacial score (nSPS) is 29.2. The molecule has 3 nitrogen and oxygen atoms in total. The molecule has 1 aromatic rings. The van der Waals surface area contributed by atoms with E-state index in [9.17, 15) is 4.79 Å². The zero-order valence-electron chi connectivity index (χ0n) is 11.0. The molecule has 0 bridgehead atoms. The van der Waals surface area contributed by atoms with Crippen LogP contribution in [0.2, 0.25) is 0 Å². The van der Waals surface area contributed by atoms with Crippen LogP contribution in [0.15, 0.2) is 30.3 Å². The van der Waals surface area contributed by atoms with Gasteiger partial charge >= 0.3 is 0 Å². The first-order valence-electron chi connectivity index (χ1n) is 6.93. The fourth-order valence-electron chi connectivity index (χ4n) is 2.78. The lowest BCUT2D eigenvalue weighted by Gasteiger charge is -2.22. The molecule has 104 valence electrons. The Morgan fingerprint density at radius 1 is 1.21 bits per heavy atom. The van der Waals surface area contributed by atoms with E-state index in [1.165, 1.54) is 12.0 Å². The summed E-state index contributed by atoms with van der Waals surface area (Å²) >= 11 is 0. The molecule has 1 amide bonds. The van der Waals surface area contributed by atoms with Crippen molar-refractivity contribution >= 4 is 18.3 Å². The second-order valence-electron chi connectivity index (χ2n) is 5.37. The highest BCUT2D eigenvalue weighted by molar-refractivity contribution is 5.85. The summed E-state index contributed by atoms with van der Waals surface area (Å²) in [5.74, 6) is 0.719.